The van der Waals surface area contributed by atoms with Crippen LogP contribution >= 0.6 is 24.0 Å². The molecule has 2 N–H and O–H groups in total. The van der Waals surface area contributed by atoms with E-state index in [9.17, 15) is 4.79 Å². The summed E-state index contributed by atoms with van der Waals surface area (Å²) in [5, 5.41) is 10.5. The Bertz CT molecular complexity index is 624. The number of halogens is 1. The van der Waals surface area contributed by atoms with Gasteiger partial charge >= 0.3 is 6.09 Å². The first-order valence-corrected chi connectivity index (χ1v) is 9.41. The molecule has 1 aromatic rings. The van der Waals surface area contributed by atoms with Crippen LogP contribution in [-0.2, 0) is 18.3 Å². The standard InChI is InChI=1S/C19H36N6O2.HI/c1-14(2)16(23-18(26)27-19(3,4)5)10-12-24(7)17(20-6)21-13-15-9-11-22-25(15)8;/h9,11,14,16H,10,12-13H2,1-8H3,(H,20,21)(H,23,26);1H. The van der Waals surface area contributed by atoms with Gasteiger partial charge in [-0.2, -0.15) is 5.10 Å². The molecule has 162 valence electrons. The Kier molecular flexibility index (Phi) is 11.5. The van der Waals surface area contributed by atoms with Crippen molar-refractivity contribution in [3.05, 3.63) is 18.0 Å². The molecule has 1 heterocycles. The van der Waals surface area contributed by atoms with E-state index in [0.29, 0.717) is 12.5 Å². The third-order valence-electron chi connectivity index (χ3n) is 4.21. The second-order valence-corrected chi connectivity index (χ2v) is 8.05. The fourth-order valence-corrected chi connectivity index (χ4v) is 2.60. The Morgan fingerprint density at radius 2 is 2.04 bits per heavy atom. The zero-order chi connectivity index (χ0) is 20.6. The normalized spacial score (nSPS) is 13.0. The van der Waals surface area contributed by atoms with Crippen LogP contribution in [0.3, 0.4) is 0 Å². The monoisotopic (exact) mass is 508 g/mol. The van der Waals surface area contributed by atoms with Crippen molar-refractivity contribution in [2.45, 2.75) is 59.2 Å². The van der Waals surface area contributed by atoms with Gasteiger partial charge in [0.15, 0.2) is 5.96 Å². The number of rotatable bonds is 7. The lowest BCUT2D eigenvalue weighted by molar-refractivity contribution is 0.0486. The number of hydrogen-bond donors (Lipinski definition) is 2. The largest absolute Gasteiger partial charge is 0.444 e. The molecule has 0 saturated carbocycles. The third-order valence-corrected chi connectivity index (χ3v) is 4.21. The van der Waals surface area contributed by atoms with Crippen molar-refractivity contribution in [3.8, 4) is 0 Å². The van der Waals surface area contributed by atoms with Gasteiger partial charge < -0.3 is 20.3 Å². The first kappa shape index (κ1) is 26.5. The minimum absolute atomic E-state index is 0. The van der Waals surface area contributed by atoms with Crippen LogP contribution in [0.1, 0.15) is 46.7 Å². The molecule has 1 atom stereocenters. The first-order valence-electron chi connectivity index (χ1n) is 9.41. The zero-order valence-corrected chi connectivity index (χ0v) is 20.8. The maximum absolute atomic E-state index is 12.1. The number of amides is 1. The van der Waals surface area contributed by atoms with E-state index in [2.05, 4.69) is 39.5 Å². The number of hydrogen-bond acceptors (Lipinski definition) is 4. The molecule has 1 aromatic heterocycles. The van der Waals surface area contributed by atoms with Gasteiger partial charge in [0.25, 0.3) is 0 Å². The molecule has 0 radical (unpaired) electrons. The fourth-order valence-electron chi connectivity index (χ4n) is 2.60. The number of aliphatic imine (C=N–C) groups is 1. The van der Waals surface area contributed by atoms with Crippen molar-refractivity contribution in [1.82, 2.24) is 25.3 Å². The summed E-state index contributed by atoms with van der Waals surface area (Å²) in [6.07, 6.45) is 2.20. The van der Waals surface area contributed by atoms with Crippen molar-refractivity contribution >= 4 is 36.0 Å². The SMILES string of the molecule is CN=C(NCc1ccnn1C)N(C)CCC(NC(=O)OC(C)(C)C)C(C)C.I. The maximum atomic E-state index is 12.1. The lowest BCUT2D eigenvalue weighted by atomic mass is 10.0. The van der Waals surface area contributed by atoms with Crippen LogP contribution in [0.15, 0.2) is 17.3 Å². The molecule has 0 aromatic carbocycles. The quantitative estimate of drug-likeness (QED) is 0.336. The van der Waals surface area contributed by atoms with Crippen LogP contribution in [0.5, 0.6) is 0 Å². The highest BCUT2D eigenvalue weighted by molar-refractivity contribution is 14.0. The van der Waals surface area contributed by atoms with Crippen LogP contribution < -0.4 is 10.6 Å². The molecule has 0 spiro atoms. The van der Waals surface area contributed by atoms with E-state index in [-0.39, 0.29) is 36.1 Å². The van der Waals surface area contributed by atoms with Gasteiger partial charge in [-0.3, -0.25) is 9.67 Å². The first-order chi connectivity index (χ1) is 12.5. The summed E-state index contributed by atoms with van der Waals surface area (Å²) in [5.41, 5.74) is 0.580. The highest BCUT2D eigenvalue weighted by atomic mass is 127. The highest BCUT2D eigenvalue weighted by Gasteiger charge is 2.22. The Morgan fingerprint density at radius 1 is 1.39 bits per heavy atom. The summed E-state index contributed by atoms with van der Waals surface area (Å²) in [4.78, 5) is 18.5. The van der Waals surface area contributed by atoms with Crippen LogP contribution in [0.4, 0.5) is 4.79 Å². The number of nitrogens with zero attached hydrogens (tertiary/aromatic N) is 4. The summed E-state index contributed by atoms with van der Waals surface area (Å²) in [7, 11) is 5.67. The van der Waals surface area contributed by atoms with E-state index in [4.69, 9.17) is 4.74 Å². The maximum Gasteiger partial charge on any atom is 0.407 e. The molecule has 0 aliphatic carbocycles. The van der Waals surface area contributed by atoms with E-state index in [1.54, 1.807) is 13.2 Å². The van der Waals surface area contributed by atoms with Crippen LogP contribution in [-0.4, -0.2) is 59.0 Å². The van der Waals surface area contributed by atoms with Crippen LogP contribution in [0, 0.1) is 5.92 Å². The van der Waals surface area contributed by atoms with E-state index >= 15 is 0 Å². The summed E-state index contributed by atoms with van der Waals surface area (Å²) in [6.45, 7) is 11.2. The zero-order valence-electron chi connectivity index (χ0n) is 18.4. The predicted molar refractivity (Wildman–Crippen MR) is 124 cm³/mol. The number of alkyl carbamates (subject to hydrolysis) is 1. The van der Waals surface area contributed by atoms with E-state index in [0.717, 1.165) is 24.6 Å². The van der Waals surface area contributed by atoms with E-state index < -0.39 is 5.60 Å². The lowest BCUT2D eigenvalue weighted by Crippen LogP contribution is -2.45. The number of guanidine groups is 1. The summed E-state index contributed by atoms with van der Waals surface area (Å²) in [5.74, 6) is 1.10. The summed E-state index contributed by atoms with van der Waals surface area (Å²) >= 11 is 0. The second-order valence-electron chi connectivity index (χ2n) is 8.05. The molecule has 0 aliphatic heterocycles. The van der Waals surface area contributed by atoms with Gasteiger partial charge in [-0.15, -0.1) is 24.0 Å². The molecular weight excluding hydrogens is 471 g/mol. The van der Waals surface area contributed by atoms with Gasteiger partial charge in [0, 0.05) is 39.9 Å². The summed E-state index contributed by atoms with van der Waals surface area (Å²) < 4.78 is 7.21. The fraction of sp³-hybridized carbons (Fsp3) is 0.737. The molecule has 0 saturated heterocycles. The molecule has 0 fully saturated rings. The molecule has 0 bridgehead atoms. The molecule has 0 aliphatic rings. The number of nitrogens with one attached hydrogen (secondary N) is 2. The molecular formula is C19H37IN6O2. The second kappa shape index (κ2) is 12.1. The Labute approximate surface area is 186 Å². The molecule has 1 unspecified atom stereocenters. The number of aryl methyl sites for hydroxylation is 1. The van der Waals surface area contributed by atoms with Crippen molar-refractivity contribution in [3.63, 3.8) is 0 Å². The van der Waals surface area contributed by atoms with Crippen molar-refractivity contribution in [2.24, 2.45) is 18.0 Å². The van der Waals surface area contributed by atoms with Crippen molar-refractivity contribution < 1.29 is 9.53 Å². The van der Waals surface area contributed by atoms with E-state index in [1.165, 1.54) is 0 Å². The lowest BCUT2D eigenvalue weighted by Gasteiger charge is -2.28. The number of carbonyl (C=O) groups excluding carboxylic acids is 1. The molecule has 1 amide bonds. The van der Waals surface area contributed by atoms with Gasteiger partial charge in [0.1, 0.15) is 5.60 Å². The average Bonchev–Trinajstić information content (AvgIpc) is 2.95. The number of ether oxygens (including phenoxy) is 1. The highest BCUT2D eigenvalue weighted by Crippen LogP contribution is 2.11. The molecule has 28 heavy (non-hydrogen) atoms. The minimum Gasteiger partial charge on any atom is -0.444 e. The van der Waals surface area contributed by atoms with Gasteiger partial charge in [-0.25, -0.2) is 4.79 Å². The number of aromatic nitrogens is 2. The Morgan fingerprint density at radius 3 is 2.50 bits per heavy atom. The van der Waals surface area contributed by atoms with Gasteiger partial charge in [0.2, 0.25) is 0 Å². The summed E-state index contributed by atoms with van der Waals surface area (Å²) in [6, 6.07) is 2.00. The van der Waals surface area contributed by atoms with Crippen molar-refractivity contribution in [2.75, 3.05) is 20.6 Å². The number of carbonyl (C=O) groups is 1. The minimum atomic E-state index is -0.500. The van der Waals surface area contributed by atoms with Gasteiger partial charge in [0.05, 0.1) is 12.2 Å². The molecule has 9 heteroatoms. The molecule has 1 rings (SSSR count). The van der Waals surface area contributed by atoms with Crippen LogP contribution in [0.2, 0.25) is 0 Å². The topological polar surface area (TPSA) is 83.8 Å². The van der Waals surface area contributed by atoms with Crippen molar-refractivity contribution in [1.29, 1.82) is 0 Å². The smallest absolute Gasteiger partial charge is 0.407 e. The Balaban J connectivity index is 0.00000729. The third kappa shape index (κ3) is 9.61. The van der Waals surface area contributed by atoms with Crippen LogP contribution in [0.25, 0.3) is 0 Å². The van der Waals surface area contributed by atoms with Gasteiger partial charge in [-0.1, -0.05) is 13.8 Å². The molecule has 8 nitrogen and oxygen atoms in total. The van der Waals surface area contributed by atoms with Gasteiger partial charge in [-0.05, 0) is 39.2 Å². The predicted octanol–water partition coefficient (Wildman–Crippen LogP) is 2.98. The average molecular weight is 508 g/mol. The Hall–Kier alpha value is -1.52. The van der Waals surface area contributed by atoms with E-state index in [1.807, 2.05) is 45.6 Å².